The number of benzene rings is 1. The van der Waals surface area contributed by atoms with Gasteiger partial charge in [-0.25, -0.2) is 18.4 Å². The summed E-state index contributed by atoms with van der Waals surface area (Å²) in [5, 5.41) is 13.9. The Morgan fingerprint density at radius 1 is 1.50 bits per heavy atom. The zero-order valence-electron chi connectivity index (χ0n) is 9.50. The second-order valence-electron chi connectivity index (χ2n) is 3.43. The van der Waals surface area contributed by atoms with Crippen LogP contribution in [0, 0.1) is 0 Å². The predicted molar refractivity (Wildman–Crippen MR) is 65.1 cm³/mol. The van der Waals surface area contributed by atoms with Gasteiger partial charge >= 0.3 is 5.97 Å². The number of aromatic carboxylic acids is 1. The van der Waals surface area contributed by atoms with E-state index in [-0.39, 0.29) is 22.8 Å². The Labute approximate surface area is 105 Å². The van der Waals surface area contributed by atoms with Crippen molar-refractivity contribution >= 4 is 16.0 Å². The van der Waals surface area contributed by atoms with Crippen molar-refractivity contribution in [2.45, 2.75) is 11.3 Å². The lowest BCUT2D eigenvalue weighted by Gasteiger charge is -2.09. The second kappa shape index (κ2) is 5.65. The lowest BCUT2D eigenvalue weighted by molar-refractivity contribution is 0.0692. The third-order valence-corrected chi connectivity index (χ3v) is 3.00. The minimum atomic E-state index is -3.94. The molecule has 0 unspecified atom stereocenters. The molecule has 0 bridgehead atoms. The van der Waals surface area contributed by atoms with Crippen molar-refractivity contribution in [1.82, 2.24) is 0 Å². The maximum absolute atomic E-state index is 11.1. The lowest BCUT2D eigenvalue weighted by atomic mass is 10.2. The summed E-state index contributed by atoms with van der Waals surface area (Å²) in [6.45, 7) is 3.77. The third-order valence-electron chi connectivity index (χ3n) is 2.09. The lowest BCUT2D eigenvalue weighted by Crippen LogP contribution is -2.13. The van der Waals surface area contributed by atoms with Crippen molar-refractivity contribution in [2.24, 2.45) is 5.14 Å². The van der Waals surface area contributed by atoms with Gasteiger partial charge in [-0.1, -0.05) is 6.08 Å². The topological polar surface area (TPSA) is 107 Å². The summed E-state index contributed by atoms with van der Waals surface area (Å²) in [6, 6.07) is 3.44. The van der Waals surface area contributed by atoms with Crippen LogP contribution in [0.1, 0.15) is 16.8 Å². The van der Waals surface area contributed by atoms with Gasteiger partial charge in [0.15, 0.2) is 0 Å². The first-order valence-corrected chi connectivity index (χ1v) is 6.54. The molecule has 0 atom stereocenters. The van der Waals surface area contributed by atoms with E-state index in [1.807, 2.05) is 0 Å². The fraction of sp³-hybridized carbons (Fsp3) is 0.182. The van der Waals surface area contributed by atoms with Crippen molar-refractivity contribution < 1.29 is 23.1 Å². The standard InChI is InChI=1S/C11H13NO5S/c1-2-3-6-17-10-5-4-8(18(12,15)16)7-9(10)11(13)14/h2,4-5,7H,1,3,6H2,(H,13,14)(H2,12,15,16). The van der Waals surface area contributed by atoms with Gasteiger partial charge in [-0.15, -0.1) is 6.58 Å². The molecule has 0 fully saturated rings. The van der Waals surface area contributed by atoms with Gasteiger partial charge in [0.05, 0.1) is 11.5 Å². The molecule has 0 saturated carbocycles. The van der Waals surface area contributed by atoms with Crippen LogP contribution in [0.5, 0.6) is 5.75 Å². The first-order valence-electron chi connectivity index (χ1n) is 5.00. The summed E-state index contributed by atoms with van der Waals surface area (Å²) in [5.74, 6) is -1.19. The van der Waals surface area contributed by atoms with Gasteiger partial charge in [0.1, 0.15) is 11.3 Å². The highest BCUT2D eigenvalue weighted by Crippen LogP contribution is 2.22. The molecule has 1 rings (SSSR count). The van der Waals surface area contributed by atoms with Gasteiger partial charge in [0.2, 0.25) is 10.0 Å². The van der Waals surface area contributed by atoms with Gasteiger partial charge < -0.3 is 9.84 Å². The minimum Gasteiger partial charge on any atom is -0.492 e. The van der Waals surface area contributed by atoms with Crippen LogP contribution in [0.25, 0.3) is 0 Å². The van der Waals surface area contributed by atoms with E-state index >= 15 is 0 Å². The van der Waals surface area contributed by atoms with Crippen LogP contribution in [0.4, 0.5) is 0 Å². The Morgan fingerprint density at radius 3 is 2.67 bits per heavy atom. The van der Waals surface area contributed by atoms with E-state index in [2.05, 4.69) is 6.58 Å². The van der Waals surface area contributed by atoms with E-state index in [4.69, 9.17) is 15.0 Å². The van der Waals surface area contributed by atoms with E-state index in [1.54, 1.807) is 6.08 Å². The number of primary sulfonamides is 1. The van der Waals surface area contributed by atoms with E-state index in [1.165, 1.54) is 12.1 Å². The van der Waals surface area contributed by atoms with Crippen LogP contribution in [-0.4, -0.2) is 26.1 Å². The summed E-state index contributed by atoms with van der Waals surface area (Å²) < 4.78 is 27.4. The Hall–Kier alpha value is -1.86. The maximum atomic E-state index is 11.1. The molecule has 7 heteroatoms. The van der Waals surface area contributed by atoms with Gasteiger partial charge in [-0.2, -0.15) is 0 Å². The monoisotopic (exact) mass is 271 g/mol. The van der Waals surface area contributed by atoms with Crippen molar-refractivity contribution in [3.8, 4) is 5.75 Å². The first-order chi connectivity index (χ1) is 8.36. The molecule has 98 valence electrons. The predicted octanol–water partition coefficient (Wildman–Crippen LogP) is 0.987. The highest BCUT2D eigenvalue weighted by Gasteiger charge is 2.16. The highest BCUT2D eigenvalue weighted by molar-refractivity contribution is 7.89. The van der Waals surface area contributed by atoms with Crippen LogP contribution in [0.15, 0.2) is 35.7 Å². The highest BCUT2D eigenvalue weighted by atomic mass is 32.2. The number of carboxylic acid groups (broad SMARTS) is 1. The average molecular weight is 271 g/mol. The Bertz CT molecular complexity index is 565. The van der Waals surface area contributed by atoms with E-state index in [9.17, 15) is 13.2 Å². The summed E-state index contributed by atoms with van der Waals surface area (Å²) in [4.78, 5) is 10.7. The fourth-order valence-electron chi connectivity index (χ4n) is 1.23. The minimum absolute atomic E-state index is 0.0942. The summed E-state index contributed by atoms with van der Waals surface area (Å²) in [6.07, 6.45) is 2.18. The molecule has 0 aromatic heterocycles. The number of sulfonamides is 1. The largest absolute Gasteiger partial charge is 0.492 e. The summed E-state index contributed by atoms with van der Waals surface area (Å²) in [7, 11) is -3.94. The molecule has 0 heterocycles. The third kappa shape index (κ3) is 3.57. The number of hydrogen-bond acceptors (Lipinski definition) is 4. The molecule has 0 radical (unpaired) electrons. The van der Waals surface area contributed by atoms with E-state index in [0.717, 1.165) is 6.07 Å². The molecule has 0 spiro atoms. The smallest absolute Gasteiger partial charge is 0.339 e. The average Bonchev–Trinajstić information content (AvgIpc) is 2.28. The van der Waals surface area contributed by atoms with Crippen molar-refractivity contribution in [3.63, 3.8) is 0 Å². The molecule has 6 nitrogen and oxygen atoms in total. The summed E-state index contributed by atoms with van der Waals surface area (Å²) >= 11 is 0. The van der Waals surface area contributed by atoms with Gasteiger partial charge in [0, 0.05) is 0 Å². The second-order valence-corrected chi connectivity index (χ2v) is 5.00. The normalized spacial score (nSPS) is 10.9. The van der Waals surface area contributed by atoms with Crippen molar-refractivity contribution in [1.29, 1.82) is 0 Å². The number of hydrogen-bond donors (Lipinski definition) is 2. The number of nitrogens with two attached hydrogens (primary N) is 1. The molecule has 0 amide bonds. The molecule has 0 aliphatic heterocycles. The zero-order valence-corrected chi connectivity index (χ0v) is 10.3. The van der Waals surface area contributed by atoms with Crippen LogP contribution >= 0.6 is 0 Å². The van der Waals surface area contributed by atoms with Crippen molar-refractivity contribution in [3.05, 3.63) is 36.4 Å². The number of carbonyl (C=O) groups is 1. The zero-order chi connectivity index (χ0) is 13.8. The summed E-state index contributed by atoms with van der Waals surface area (Å²) in [5.41, 5.74) is -0.245. The quantitative estimate of drug-likeness (QED) is 0.592. The maximum Gasteiger partial charge on any atom is 0.339 e. The van der Waals surface area contributed by atoms with Crippen LogP contribution < -0.4 is 9.88 Å². The molecule has 18 heavy (non-hydrogen) atoms. The first kappa shape index (κ1) is 14.2. The number of carboxylic acids is 1. The van der Waals surface area contributed by atoms with E-state index < -0.39 is 16.0 Å². The Morgan fingerprint density at radius 2 is 2.17 bits per heavy atom. The van der Waals surface area contributed by atoms with Crippen LogP contribution in [0.3, 0.4) is 0 Å². The number of rotatable bonds is 6. The molecule has 1 aromatic rings. The SMILES string of the molecule is C=CCCOc1ccc(S(N)(=O)=O)cc1C(=O)O. The van der Waals surface area contributed by atoms with Crippen LogP contribution in [0.2, 0.25) is 0 Å². The van der Waals surface area contributed by atoms with E-state index in [0.29, 0.717) is 6.42 Å². The Kier molecular flexibility index (Phi) is 4.46. The molecule has 0 saturated heterocycles. The van der Waals surface area contributed by atoms with Gasteiger partial charge in [-0.05, 0) is 24.6 Å². The van der Waals surface area contributed by atoms with Gasteiger partial charge in [-0.3, -0.25) is 0 Å². The molecular formula is C11H13NO5S. The molecular weight excluding hydrogens is 258 g/mol. The molecule has 3 N–H and O–H groups in total. The Balaban J connectivity index is 3.13. The number of ether oxygens (including phenoxy) is 1. The molecule has 0 aliphatic carbocycles. The molecule has 1 aromatic carbocycles. The van der Waals surface area contributed by atoms with Crippen LogP contribution in [-0.2, 0) is 10.0 Å². The van der Waals surface area contributed by atoms with Gasteiger partial charge in [0.25, 0.3) is 0 Å². The fourth-order valence-corrected chi connectivity index (χ4v) is 1.77. The van der Waals surface area contributed by atoms with Crippen molar-refractivity contribution in [2.75, 3.05) is 6.61 Å². The molecule has 0 aliphatic rings.